The lowest BCUT2D eigenvalue weighted by Gasteiger charge is -2.21. The van der Waals surface area contributed by atoms with Crippen molar-refractivity contribution in [3.05, 3.63) is 53.7 Å². The van der Waals surface area contributed by atoms with E-state index in [-0.39, 0.29) is 23.5 Å². The number of carbonyl (C=O) groups is 1. The third-order valence-electron chi connectivity index (χ3n) is 4.47. The molecule has 7 heteroatoms. The predicted octanol–water partition coefficient (Wildman–Crippen LogP) is 2.66. The second-order valence-corrected chi connectivity index (χ2v) is 8.79. The highest BCUT2D eigenvalue weighted by molar-refractivity contribution is 7.91. The van der Waals surface area contributed by atoms with Gasteiger partial charge in [0.05, 0.1) is 17.1 Å². The van der Waals surface area contributed by atoms with Gasteiger partial charge in [0.2, 0.25) is 0 Å². The van der Waals surface area contributed by atoms with Gasteiger partial charge < -0.3 is 10.2 Å². The van der Waals surface area contributed by atoms with E-state index in [0.717, 1.165) is 11.3 Å². The first-order valence-corrected chi connectivity index (χ1v) is 10.5. The largest absolute Gasteiger partial charge is 0.366 e. The van der Waals surface area contributed by atoms with E-state index in [9.17, 15) is 13.2 Å². The van der Waals surface area contributed by atoms with Gasteiger partial charge >= 0.3 is 0 Å². The Balaban J connectivity index is 1.72. The number of pyridine rings is 1. The van der Waals surface area contributed by atoms with Crippen molar-refractivity contribution in [2.45, 2.75) is 26.3 Å². The summed E-state index contributed by atoms with van der Waals surface area (Å²) < 4.78 is 23.1. The Bertz CT molecular complexity index is 895. The van der Waals surface area contributed by atoms with Crippen LogP contribution in [0.25, 0.3) is 0 Å². The number of carbonyl (C=O) groups excluding carboxylic acids is 1. The minimum Gasteiger partial charge on any atom is -0.366 e. The highest BCUT2D eigenvalue weighted by Gasteiger charge is 2.28. The lowest BCUT2D eigenvalue weighted by atomic mass is 10.1. The van der Waals surface area contributed by atoms with Gasteiger partial charge in [0.15, 0.2) is 9.84 Å². The molecule has 0 spiro atoms. The molecule has 0 aliphatic carbocycles. The van der Waals surface area contributed by atoms with Gasteiger partial charge in [-0.05, 0) is 50.1 Å². The first-order valence-electron chi connectivity index (χ1n) is 8.69. The molecule has 2 aromatic rings. The van der Waals surface area contributed by atoms with Crippen LogP contribution in [-0.2, 0) is 9.84 Å². The van der Waals surface area contributed by atoms with E-state index in [0.29, 0.717) is 24.3 Å². The second-order valence-electron chi connectivity index (χ2n) is 6.56. The van der Waals surface area contributed by atoms with Crippen LogP contribution < -0.4 is 10.2 Å². The van der Waals surface area contributed by atoms with Crippen LogP contribution >= 0.6 is 0 Å². The van der Waals surface area contributed by atoms with Crippen LogP contribution in [0, 0.1) is 6.92 Å². The summed E-state index contributed by atoms with van der Waals surface area (Å²) in [6, 6.07) is 11.1. The first-order chi connectivity index (χ1) is 12.4. The smallest absolute Gasteiger partial charge is 0.259 e. The molecule has 0 bridgehead atoms. The van der Waals surface area contributed by atoms with E-state index in [1.54, 1.807) is 17.0 Å². The molecule has 1 N–H and O–H groups in total. The van der Waals surface area contributed by atoms with Crippen LogP contribution in [0.2, 0.25) is 0 Å². The third kappa shape index (κ3) is 4.22. The Labute approximate surface area is 154 Å². The average Bonchev–Trinajstić information content (AvgIpc) is 2.95. The fraction of sp³-hybridized carbons (Fsp3) is 0.368. The summed E-state index contributed by atoms with van der Waals surface area (Å²) in [5.74, 6) is 0.818. The van der Waals surface area contributed by atoms with Crippen molar-refractivity contribution in [1.29, 1.82) is 0 Å². The predicted molar refractivity (Wildman–Crippen MR) is 103 cm³/mol. The third-order valence-corrected chi connectivity index (χ3v) is 6.24. The zero-order valence-corrected chi connectivity index (χ0v) is 15.8. The van der Waals surface area contributed by atoms with Gasteiger partial charge in [-0.15, -0.1) is 0 Å². The van der Waals surface area contributed by atoms with Gasteiger partial charge in [0, 0.05) is 24.5 Å². The van der Waals surface area contributed by atoms with Gasteiger partial charge in [-0.25, -0.2) is 13.4 Å². The van der Waals surface area contributed by atoms with Gasteiger partial charge in [0.25, 0.3) is 5.91 Å². The molecule has 1 unspecified atom stereocenters. The fourth-order valence-corrected chi connectivity index (χ4v) is 4.79. The molecule has 6 nitrogen and oxygen atoms in total. The topological polar surface area (TPSA) is 79.4 Å². The number of aromatic nitrogens is 1. The molecule has 1 aromatic carbocycles. The van der Waals surface area contributed by atoms with Crippen LogP contribution in [0.5, 0.6) is 0 Å². The molecule has 1 aliphatic rings. The molecule has 1 saturated heterocycles. The minimum atomic E-state index is -2.94. The normalized spacial score (nSPS) is 18.5. The summed E-state index contributed by atoms with van der Waals surface area (Å²) >= 11 is 0. The summed E-state index contributed by atoms with van der Waals surface area (Å²) in [6.45, 7) is 4.49. The van der Waals surface area contributed by atoms with Crippen LogP contribution in [0.15, 0.2) is 42.6 Å². The molecule has 1 amide bonds. The molecule has 0 saturated carbocycles. The Hall–Kier alpha value is -2.41. The Morgan fingerprint density at radius 3 is 2.69 bits per heavy atom. The van der Waals surface area contributed by atoms with Crippen molar-refractivity contribution < 1.29 is 13.2 Å². The van der Waals surface area contributed by atoms with Gasteiger partial charge in [-0.2, -0.15) is 0 Å². The van der Waals surface area contributed by atoms with Crippen LogP contribution in [0.1, 0.15) is 29.3 Å². The molecule has 1 atom stereocenters. The maximum atomic E-state index is 12.8. The first kappa shape index (κ1) is 18.4. The van der Waals surface area contributed by atoms with Gasteiger partial charge in [0.1, 0.15) is 5.82 Å². The summed E-state index contributed by atoms with van der Waals surface area (Å²) in [7, 11) is -2.94. The Morgan fingerprint density at radius 2 is 2.12 bits per heavy atom. The summed E-state index contributed by atoms with van der Waals surface area (Å²) in [5, 5.41) is 3.13. The van der Waals surface area contributed by atoms with E-state index >= 15 is 0 Å². The molecule has 1 aromatic heterocycles. The molecular weight excluding hydrogens is 350 g/mol. The summed E-state index contributed by atoms with van der Waals surface area (Å²) in [5.41, 5.74) is 2.45. The zero-order valence-electron chi connectivity index (χ0n) is 15.0. The van der Waals surface area contributed by atoms with E-state index in [1.807, 2.05) is 38.1 Å². The molecule has 0 radical (unpaired) electrons. The number of nitrogens with zero attached hydrogens (tertiary/aromatic N) is 2. The molecule has 26 heavy (non-hydrogen) atoms. The maximum absolute atomic E-state index is 12.8. The van der Waals surface area contributed by atoms with E-state index in [4.69, 9.17) is 0 Å². The number of aryl methyl sites for hydroxylation is 1. The molecule has 3 rings (SSSR count). The van der Waals surface area contributed by atoms with E-state index < -0.39 is 9.84 Å². The molecule has 2 heterocycles. The number of hydrogen-bond donors (Lipinski definition) is 1. The van der Waals surface area contributed by atoms with Crippen molar-refractivity contribution in [3.63, 3.8) is 0 Å². The molecule has 1 fully saturated rings. The zero-order chi connectivity index (χ0) is 18.7. The number of rotatable bonds is 5. The van der Waals surface area contributed by atoms with E-state index in [2.05, 4.69) is 10.3 Å². The van der Waals surface area contributed by atoms with Crippen LogP contribution in [-0.4, -0.2) is 43.4 Å². The Morgan fingerprint density at radius 1 is 1.31 bits per heavy atom. The summed E-state index contributed by atoms with van der Waals surface area (Å²) in [4.78, 5) is 18.8. The van der Waals surface area contributed by atoms with Gasteiger partial charge in [-0.1, -0.05) is 12.1 Å². The molecule has 1 aliphatic heterocycles. The maximum Gasteiger partial charge on any atom is 0.259 e. The van der Waals surface area contributed by atoms with Crippen molar-refractivity contribution in [2.24, 2.45) is 0 Å². The van der Waals surface area contributed by atoms with Crippen molar-refractivity contribution in [3.8, 4) is 0 Å². The lowest BCUT2D eigenvalue weighted by Crippen LogP contribution is -2.30. The number of anilines is 2. The quantitative estimate of drug-likeness (QED) is 0.872. The van der Waals surface area contributed by atoms with Crippen molar-refractivity contribution in [1.82, 2.24) is 4.98 Å². The highest BCUT2D eigenvalue weighted by atomic mass is 32.2. The fourth-order valence-electron chi connectivity index (χ4n) is 3.12. The Kier molecular flexibility index (Phi) is 5.27. The minimum absolute atomic E-state index is 0.111. The number of benzene rings is 1. The number of hydrogen-bond acceptors (Lipinski definition) is 5. The second kappa shape index (κ2) is 7.45. The SMILES string of the molecule is CCN(C(=O)c1ccc(NC2CCS(=O)(=O)C2)nc1)c1cccc(C)c1. The van der Waals surface area contributed by atoms with Crippen molar-refractivity contribution in [2.75, 3.05) is 28.3 Å². The molecular formula is C19H23N3O3S. The van der Waals surface area contributed by atoms with E-state index in [1.165, 1.54) is 6.20 Å². The van der Waals surface area contributed by atoms with Gasteiger partial charge in [-0.3, -0.25) is 4.79 Å². The lowest BCUT2D eigenvalue weighted by molar-refractivity contribution is 0.0988. The van der Waals surface area contributed by atoms with Crippen LogP contribution in [0.4, 0.5) is 11.5 Å². The van der Waals surface area contributed by atoms with Crippen LogP contribution in [0.3, 0.4) is 0 Å². The average molecular weight is 373 g/mol. The number of nitrogens with one attached hydrogen (secondary N) is 1. The number of amides is 1. The standard InChI is InChI=1S/C19H23N3O3S/c1-3-22(17-6-4-5-14(2)11-17)19(23)15-7-8-18(20-12-15)21-16-9-10-26(24,25)13-16/h4-8,11-12,16H,3,9-10,13H2,1-2H3,(H,20,21). The monoisotopic (exact) mass is 373 g/mol. The molecule has 138 valence electrons. The summed E-state index contributed by atoms with van der Waals surface area (Å²) in [6.07, 6.45) is 2.12. The number of sulfone groups is 1. The highest BCUT2D eigenvalue weighted by Crippen LogP contribution is 2.20. The van der Waals surface area contributed by atoms with Crippen molar-refractivity contribution >= 4 is 27.2 Å².